The van der Waals surface area contributed by atoms with E-state index in [0.29, 0.717) is 13.0 Å². The van der Waals surface area contributed by atoms with E-state index in [1.807, 2.05) is 52.8 Å². The number of ketones is 1. The Morgan fingerprint density at radius 3 is 2.58 bits per heavy atom. The SMILES string of the molecule is O=C(c1ccc(-c2ccccc2)cc1)[C@@H]1CCCN(C(=O)CC2=CSC3=NCCN23)C1. The number of benzene rings is 2. The summed E-state index contributed by atoms with van der Waals surface area (Å²) in [4.78, 5) is 34.5. The van der Waals surface area contributed by atoms with Crippen molar-refractivity contribution in [2.75, 3.05) is 26.2 Å². The zero-order chi connectivity index (χ0) is 21.2. The van der Waals surface area contributed by atoms with Crippen LogP contribution in [-0.4, -0.2) is 52.8 Å². The number of likely N-dealkylation sites (tertiary alicyclic amines) is 1. The lowest BCUT2D eigenvalue weighted by molar-refractivity contribution is -0.132. The van der Waals surface area contributed by atoms with Crippen molar-refractivity contribution in [2.24, 2.45) is 10.9 Å². The van der Waals surface area contributed by atoms with Gasteiger partial charge in [-0.05, 0) is 29.4 Å². The molecular weight excluding hydrogens is 406 g/mol. The molecule has 0 N–H and O–H groups in total. The molecule has 31 heavy (non-hydrogen) atoms. The van der Waals surface area contributed by atoms with Gasteiger partial charge >= 0.3 is 0 Å². The quantitative estimate of drug-likeness (QED) is 0.658. The highest BCUT2D eigenvalue weighted by Crippen LogP contribution is 2.32. The highest BCUT2D eigenvalue weighted by Gasteiger charge is 2.32. The van der Waals surface area contributed by atoms with Crippen molar-refractivity contribution in [3.05, 3.63) is 71.3 Å². The molecule has 0 spiro atoms. The molecule has 0 bridgehead atoms. The van der Waals surface area contributed by atoms with Gasteiger partial charge in [-0.3, -0.25) is 14.6 Å². The molecule has 6 heteroatoms. The van der Waals surface area contributed by atoms with Crippen molar-refractivity contribution < 1.29 is 9.59 Å². The maximum absolute atomic E-state index is 13.1. The molecular formula is C25H25N3O2S. The molecule has 5 nitrogen and oxygen atoms in total. The number of fused-ring (bicyclic) bond motifs is 1. The van der Waals surface area contributed by atoms with Gasteiger partial charge in [0.15, 0.2) is 11.0 Å². The summed E-state index contributed by atoms with van der Waals surface area (Å²) in [5, 5.41) is 3.05. The summed E-state index contributed by atoms with van der Waals surface area (Å²) in [5.41, 5.74) is 4.01. The van der Waals surface area contributed by atoms with E-state index in [2.05, 4.69) is 22.0 Å². The minimum atomic E-state index is -0.129. The summed E-state index contributed by atoms with van der Waals surface area (Å²) >= 11 is 1.60. The van der Waals surface area contributed by atoms with Crippen LogP contribution in [0.25, 0.3) is 11.1 Å². The second kappa shape index (κ2) is 8.71. The fraction of sp³-hybridized carbons (Fsp3) is 0.320. The van der Waals surface area contributed by atoms with Crippen LogP contribution in [0.4, 0.5) is 0 Å². The Kier molecular flexibility index (Phi) is 5.64. The van der Waals surface area contributed by atoms with Crippen LogP contribution in [0.3, 0.4) is 0 Å². The Morgan fingerprint density at radius 1 is 1.00 bits per heavy atom. The average molecular weight is 432 g/mol. The van der Waals surface area contributed by atoms with Crippen molar-refractivity contribution in [3.8, 4) is 11.1 Å². The molecule has 0 radical (unpaired) electrons. The standard InChI is InChI=1S/C25H25N3O2S/c29-23(15-22-17-31-25-26-12-14-28(22)25)27-13-4-7-21(16-27)24(30)20-10-8-19(9-11-20)18-5-2-1-3-6-18/h1-3,5-6,8-11,17,21H,4,7,12-16H2/t21-/m1/s1. The second-order valence-corrected chi connectivity index (χ2v) is 9.04. The van der Waals surface area contributed by atoms with Gasteiger partial charge in [-0.15, -0.1) is 0 Å². The summed E-state index contributed by atoms with van der Waals surface area (Å²) in [6.07, 6.45) is 2.09. The lowest BCUT2D eigenvalue weighted by Crippen LogP contribution is -2.43. The topological polar surface area (TPSA) is 53.0 Å². The molecule has 158 valence electrons. The summed E-state index contributed by atoms with van der Waals surface area (Å²) < 4.78 is 0. The van der Waals surface area contributed by atoms with E-state index in [4.69, 9.17) is 0 Å². The lowest BCUT2D eigenvalue weighted by Gasteiger charge is -2.32. The number of carbonyl (C=O) groups excluding carboxylic acids is 2. The predicted octanol–water partition coefficient (Wildman–Crippen LogP) is 4.42. The molecule has 3 heterocycles. The zero-order valence-electron chi connectivity index (χ0n) is 17.4. The molecule has 0 aromatic heterocycles. The van der Waals surface area contributed by atoms with Crippen molar-refractivity contribution in [2.45, 2.75) is 19.3 Å². The Labute approximate surface area is 186 Å². The summed E-state index contributed by atoms with van der Waals surface area (Å²) in [6.45, 7) is 2.91. The number of nitrogens with zero attached hydrogens (tertiary/aromatic N) is 3. The van der Waals surface area contributed by atoms with E-state index in [1.165, 1.54) is 0 Å². The highest BCUT2D eigenvalue weighted by atomic mass is 32.2. The van der Waals surface area contributed by atoms with Crippen LogP contribution in [-0.2, 0) is 4.79 Å². The lowest BCUT2D eigenvalue weighted by atomic mass is 9.89. The molecule has 0 aliphatic carbocycles. The fourth-order valence-corrected chi connectivity index (χ4v) is 5.45. The predicted molar refractivity (Wildman–Crippen MR) is 125 cm³/mol. The molecule has 3 aliphatic rings. The largest absolute Gasteiger partial charge is 0.342 e. The van der Waals surface area contributed by atoms with Gasteiger partial charge in [0.2, 0.25) is 5.91 Å². The first-order chi connectivity index (χ1) is 15.2. The number of rotatable bonds is 5. The molecule has 1 fully saturated rings. The van der Waals surface area contributed by atoms with Crippen molar-refractivity contribution in [1.82, 2.24) is 9.80 Å². The average Bonchev–Trinajstić information content (AvgIpc) is 3.44. The number of amides is 1. The third-order valence-corrected chi connectivity index (χ3v) is 7.15. The zero-order valence-corrected chi connectivity index (χ0v) is 18.2. The Balaban J connectivity index is 1.22. The van der Waals surface area contributed by atoms with Gasteiger partial charge in [0.1, 0.15) is 0 Å². The number of piperidine rings is 1. The van der Waals surface area contributed by atoms with Gasteiger partial charge in [0.25, 0.3) is 0 Å². The first-order valence-corrected chi connectivity index (χ1v) is 11.7. The number of Topliss-reactive ketones (excluding diaryl/α,β-unsaturated/α-hetero) is 1. The molecule has 5 rings (SSSR count). The fourth-order valence-electron chi connectivity index (χ4n) is 4.49. The molecule has 3 aliphatic heterocycles. The van der Waals surface area contributed by atoms with Gasteiger partial charge in [-0.2, -0.15) is 0 Å². The van der Waals surface area contributed by atoms with Crippen LogP contribution in [0.2, 0.25) is 0 Å². The van der Waals surface area contributed by atoms with E-state index < -0.39 is 0 Å². The Bertz CT molecular complexity index is 1050. The monoisotopic (exact) mass is 431 g/mol. The minimum absolute atomic E-state index is 0.108. The van der Waals surface area contributed by atoms with Crippen LogP contribution < -0.4 is 0 Å². The van der Waals surface area contributed by atoms with E-state index >= 15 is 0 Å². The first kappa shape index (κ1) is 20.1. The minimum Gasteiger partial charge on any atom is -0.342 e. The third kappa shape index (κ3) is 4.17. The van der Waals surface area contributed by atoms with Gasteiger partial charge < -0.3 is 9.80 Å². The Hall–Kier alpha value is -2.86. The number of hydrogen-bond acceptors (Lipinski definition) is 5. The number of amidine groups is 1. The normalized spacial score (nSPS) is 20.3. The highest BCUT2D eigenvalue weighted by molar-refractivity contribution is 8.16. The van der Waals surface area contributed by atoms with Gasteiger partial charge in [-0.1, -0.05) is 66.4 Å². The molecule has 1 saturated heterocycles. The number of aliphatic imine (C=N–C) groups is 1. The van der Waals surface area contributed by atoms with Gasteiger partial charge in [-0.25, -0.2) is 0 Å². The molecule has 2 aromatic rings. The van der Waals surface area contributed by atoms with E-state index in [9.17, 15) is 9.59 Å². The Morgan fingerprint density at radius 2 is 1.77 bits per heavy atom. The summed E-state index contributed by atoms with van der Waals surface area (Å²) in [6, 6.07) is 18.0. The maximum atomic E-state index is 13.1. The summed E-state index contributed by atoms with van der Waals surface area (Å²) in [5.74, 6) is 0.120. The molecule has 1 amide bonds. The summed E-state index contributed by atoms with van der Waals surface area (Å²) in [7, 11) is 0. The molecule has 1 atom stereocenters. The van der Waals surface area contributed by atoms with E-state index in [-0.39, 0.29) is 17.6 Å². The molecule has 0 saturated carbocycles. The van der Waals surface area contributed by atoms with Gasteiger partial charge in [0.05, 0.1) is 13.0 Å². The van der Waals surface area contributed by atoms with Crippen molar-refractivity contribution in [3.63, 3.8) is 0 Å². The van der Waals surface area contributed by atoms with Crippen molar-refractivity contribution in [1.29, 1.82) is 0 Å². The number of thioether (sulfide) groups is 1. The van der Waals surface area contributed by atoms with Gasteiger partial charge in [0, 0.05) is 36.8 Å². The number of carbonyl (C=O) groups is 2. The smallest absolute Gasteiger partial charge is 0.228 e. The third-order valence-electron chi connectivity index (χ3n) is 6.20. The van der Waals surface area contributed by atoms with Crippen LogP contribution in [0.5, 0.6) is 0 Å². The van der Waals surface area contributed by atoms with Crippen LogP contribution in [0.15, 0.2) is 70.7 Å². The van der Waals surface area contributed by atoms with Crippen LogP contribution in [0, 0.1) is 5.92 Å². The first-order valence-electron chi connectivity index (χ1n) is 10.8. The van der Waals surface area contributed by atoms with Crippen LogP contribution >= 0.6 is 11.8 Å². The second-order valence-electron chi connectivity index (χ2n) is 8.21. The van der Waals surface area contributed by atoms with Crippen molar-refractivity contribution >= 4 is 28.6 Å². The number of hydrogen-bond donors (Lipinski definition) is 0. The van der Waals surface area contributed by atoms with E-state index in [1.54, 1.807) is 11.8 Å². The molecule has 0 unspecified atom stereocenters. The van der Waals surface area contributed by atoms with Crippen LogP contribution in [0.1, 0.15) is 29.6 Å². The van der Waals surface area contributed by atoms with E-state index in [0.717, 1.165) is 60.0 Å². The molecule has 2 aromatic carbocycles. The maximum Gasteiger partial charge on any atom is 0.228 e.